The molecule has 0 amide bonds. The minimum atomic E-state index is 0.0277. The molecule has 0 bridgehead atoms. The highest BCUT2D eigenvalue weighted by molar-refractivity contribution is 4.99. The Morgan fingerprint density at radius 1 is 1.22 bits per heavy atom. The van der Waals surface area contributed by atoms with Crippen molar-refractivity contribution in [1.29, 1.82) is 0 Å². The average molecular weight is 254 g/mol. The molecule has 3 heteroatoms. The van der Waals surface area contributed by atoms with E-state index in [2.05, 4.69) is 42.7 Å². The van der Waals surface area contributed by atoms with Crippen LogP contribution in [-0.2, 0) is 0 Å². The van der Waals surface area contributed by atoms with E-state index in [1.54, 1.807) is 6.08 Å². The van der Waals surface area contributed by atoms with Crippen LogP contribution < -0.4 is 0 Å². The molecular weight excluding hydrogens is 227 g/mol. The molecule has 18 heavy (non-hydrogen) atoms. The fourth-order valence-electron chi connectivity index (χ4n) is 2.14. The second kappa shape index (κ2) is 8.44. The van der Waals surface area contributed by atoms with Gasteiger partial charge in [-0.05, 0) is 33.2 Å². The van der Waals surface area contributed by atoms with Crippen LogP contribution in [0, 0.1) is 0 Å². The van der Waals surface area contributed by atoms with E-state index in [4.69, 9.17) is 0 Å². The zero-order valence-electron chi connectivity index (χ0n) is 12.0. The van der Waals surface area contributed by atoms with Crippen LogP contribution in [0.5, 0.6) is 0 Å². The molecule has 0 fully saturated rings. The standard InChI is InChI=1S/C8H14FN.C7H13N/c1-7(2)10-5-3-4-8(9)6-10;1-2-8-6-4-3-5-7-8/h4,7H,3,5-6H2,1-2H3;3-4H,2,5-7H2,1H3. The SMILES string of the molecule is CC(C)N1CCC=C(F)C1.CCN1CC=CCC1. The van der Waals surface area contributed by atoms with E-state index < -0.39 is 0 Å². The number of hydrogen-bond acceptors (Lipinski definition) is 2. The molecule has 0 radical (unpaired) electrons. The summed E-state index contributed by atoms with van der Waals surface area (Å²) in [4.78, 5) is 4.56. The zero-order valence-corrected chi connectivity index (χ0v) is 12.0. The van der Waals surface area contributed by atoms with E-state index in [0.29, 0.717) is 12.6 Å². The second-order valence-electron chi connectivity index (χ2n) is 5.16. The molecule has 0 atom stereocenters. The first-order chi connectivity index (χ1) is 8.63. The van der Waals surface area contributed by atoms with Gasteiger partial charge in [-0.2, -0.15) is 0 Å². The molecule has 2 aliphatic rings. The van der Waals surface area contributed by atoms with Gasteiger partial charge in [-0.1, -0.05) is 25.2 Å². The lowest BCUT2D eigenvalue weighted by Crippen LogP contribution is -2.34. The van der Waals surface area contributed by atoms with Crippen molar-refractivity contribution in [3.05, 3.63) is 24.1 Å². The number of rotatable bonds is 2. The summed E-state index contributed by atoms with van der Waals surface area (Å²) in [5, 5.41) is 0. The third kappa shape index (κ3) is 5.78. The molecule has 2 rings (SSSR count). The highest BCUT2D eigenvalue weighted by Gasteiger charge is 2.14. The third-order valence-corrected chi connectivity index (χ3v) is 3.46. The molecule has 0 aliphatic carbocycles. The summed E-state index contributed by atoms with van der Waals surface area (Å²) in [6, 6.07) is 0.472. The number of halogens is 1. The van der Waals surface area contributed by atoms with Crippen molar-refractivity contribution in [3.63, 3.8) is 0 Å². The molecule has 0 saturated carbocycles. The van der Waals surface area contributed by atoms with Gasteiger partial charge in [0.05, 0.1) is 6.54 Å². The van der Waals surface area contributed by atoms with E-state index >= 15 is 0 Å². The quantitative estimate of drug-likeness (QED) is 0.698. The maximum absolute atomic E-state index is 12.6. The van der Waals surface area contributed by atoms with Gasteiger partial charge in [-0.25, -0.2) is 4.39 Å². The van der Waals surface area contributed by atoms with Crippen LogP contribution in [0.1, 0.15) is 33.6 Å². The van der Waals surface area contributed by atoms with E-state index in [1.165, 1.54) is 19.5 Å². The third-order valence-electron chi connectivity index (χ3n) is 3.46. The number of likely N-dealkylation sites (N-methyl/N-ethyl adjacent to an activating group) is 1. The zero-order chi connectivity index (χ0) is 13.4. The maximum atomic E-state index is 12.6. The summed E-state index contributed by atoms with van der Waals surface area (Å²) >= 11 is 0. The Morgan fingerprint density at radius 2 is 2.00 bits per heavy atom. The van der Waals surface area contributed by atoms with Crippen molar-refractivity contribution in [3.8, 4) is 0 Å². The topological polar surface area (TPSA) is 6.48 Å². The molecule has 104 valence electrons. The van der Waals surface area contributed by atoms with Crippen LogP contribution in [0.25, 0.3) is 0 Å². The van der Waals surface area contributed by atoms with Crippen molar-refractivity contribution < 1.29 is 4.39 Å². The van der Waals surface area contributed by atoms with Crippen molar-refractivity contribution in [1.82, 2.24) is 9.80 Å². The summed E-state index contributed by atoms with van der Waals surface area (Å²) in [6.07, 6.45) is 8.29. The van der Waals surface area contributed by atoms with Crippen LogP contribution in [0.4, 0.5) is 4.39 Å². The van der Waals surface area contributed by atoms with Crippen molar-refractivity contribution >= 4 is 0 Å². The van der Waals surface area contributed by atoms with Crippen LogP contribution in [0.15, 0.2) is 24.1 Å². The normalized spacial score (nSPS) is 21.5. The Morgan fingerprint density at radius 3 is 2.39 bits per heavy atom. The highest BCUT2D eigenvalue weighted by Crippen LogP contribution is 2.12. The molecule has 2 aliphatic heterocycles. The molecular formula is C15H27FN2. The fourth-order valence-corrected chi connectivity index (χ4v) is 2.14. The van der Waals surface area contributed by atoms with Crippen LogP contribution >= 0.6 is 0 Å². The van der Waals surface area contributed by atoms with E-state index in [-0.39, 0.29) is 5.83 Å². The van der Waals surface area contributed by atoms with Gasteiger partial charge in [0.15, 0.2) is 0 Å². The summed E-state index contributed by atoms with van der Waals surface area (Å²) in [5.41, 5.74) is 0. The first-order valence-corrected chi connectivity index (χ1v) is 7.09. The van der Waals surface area contributed by atoms with Crippen molar-refractivity contribution in [2.24, 2.45) is 0 Å². The van der Waals surface area contributed by atoms with Crippen LogP contribution in [0.3, 0.4) is 0 Å². The molecule has 0 N–H and O–H groups in total. The van der Waals surface area contributed by atoms with Gasteiger partial charge in [-0.15, -0.1) is 0 Å². The Bertz CT molecular complexity index is 284. The molecule has 0 aromatic heterocycles. The van der Waals surface area contributed by atoms with Gasteiger partial charge in [0.25, 0.3) is 0 Å². The Balaban J connectivity index is 0.000000184. The maximum Gasteiger partial charge on any atom is 0.110 e. The number of hydrogen-bond donors (Lipinski definition) is 0. The fraction of sp³-hybridized carbons (Fsp3) is 0.733. The highest BCUT2D eigenvalue weighted by atomic mass is 19.1. The molecule has 2 heterocycles. The lowest BCUT2D eigenvalue weighted by molar-refractivity contribution is 0.218. The molecule has 0 aromatic rings. The van der Waals surface area contributed by atoms with Gasteiger partial charge in [0, 0.05) is 25.7 Å². The predicted molar refractivity (Wildman–Crippen MR) is 76.4 cm³/mol. The second-order valence-corrected chi connectivity index (χ2v) is 5.16. The molecule has 0 spiro atoms. The largest absolute Gasteiger partial charge is 0.300 e. The summed E-state index contributed by atoms with van der Waals surface area (Å²) in [7, 11) is 0. The first kappa shape index (κ1) is 15.4. The van der Waals surface area contributed by atoms with Gasteiger partial charge in [0.2, 0.25) is 0 Å². The average Bonchev–Trinajstić information content (AvgIpc) is 2.40. The van der Waals surface area contributed by atoms with E-state index in [9.17, 15) is 4.39 Å². The van der Waals surface area contributed by atoms with E-state index in [1.807, 2.05) is 0 Å². The Hall–Kier alpha value is -0.670. The van der Waals surface area contributed by atoms with Crippen LogP contribution in [-0.4, -0.2) is 48.6 Å². The number of nitrogens with zero attached hydrogens (tertiary/aromatic N) is 2. The Kier molecular flexibility index (Phi) is 7.21. The summed E-state index contributed by atoms with van der Waals surface area (Å²) in [6.45, 7) is 11.5. The van der Waals surface area contributed by atoms with Crippen molar-refractivity contribution in [2.45, 2.75) is 39.7 Å². The summed E-state index contributed by atoms with van der Waals surface area (Å²) in [5.74, 6) is 0.0277. The Labute approximate surface area is 111 Å². The summed E-state index contributed by atoms with van der Waals surface area (Å²) < 4.78 is 12.6. The predicted octanol–water partition coefficient (Wildman–Crippen LogP) is 3.22. The smallest absolute Gasteiger partial charge is 0.110 e. The monoisotopic (exact) mass is 254 g/mol. The molecule has 0 aromatic carbocycles. The van der Waals surface area contributed by atoms with Crippen molar-refractivity contribution in [2.75, 3.05) is 32.7 Å². The van der Waals surface area contributed by atoms with Gasteiger partial charge in [-0.3, -0.25) is 9.80 Å². The van der Waals surface area contributed by atoms with E-state index in [0.717, 1.165) is 19.5 Å². The molecule has 0 unspecified atom stereocenters. The minimum absolute atomic E-state index is 0.0277. The van der Waals surface area contributed by atoms with Gasteiger partial charge >= 0.3 is 0 Å². The lowest BCUT2D eigenvalue weighted by atomic mass is 10.2. The molecule has 0 saturated heterocycles. The first-order valence-electron chi connectivity index (χ1n) is 7.09. The molecule has 2 nitrogen and oxygen atoms in total. The van der Waals surface area contributed by atoms with Crippen LogP contribution in [0.2, 0.25) is 0 Å². The van der Waals surface area contributed by atoms with Gasteiger partial charge in [0.1, 0.15) is 5.83 Å². The lowest BCUT2D eigenvalue weighted by Gasteiger charge is -2.27. The van der Waals surface area contributed by atoms with Gasteiger partial charge < -0.3 is 0 Å². The minimum Gasteiger partial charge on any atom is -0.300 e.